The minimum Gasteiger partial charge on any atom is -0.394 e. The molecule has 82 valence electrons. The van der Waals surface area contributed by atoms with Crippen LogP contribution in [0.5, 0.6) is 0 Å². The van der Waals surface area contributed by atoms with Crippen LogP contribution in [0.2, 0.25) is 0 Å². The fraction of sp³-hybridized carbons (Fsp3) is 0.400. The Balaban J connectivity index is 2.94. The van der Waals surface area contributed by atoms with E-state index in [9.17, 15) is 0 Å². The van der Waals surface area contributed by atoms with E-state index in [0.29, 0.717) is 5.69 Å². The fourth-order valence-corrected chi connectivity index (χ4v) is 1.22. The number of nitrogens with two attached hydrogens (primary N) is 1. The Kier molecular flexibility index (Phi) is 3.99. The smallest absolute Gasteiger partial charge is 0.129 e. The highest BCUT2D eigenvalue weighted by molar-refractivity contribution is 7.80. The molecule has 0 aliphatic rings. The Morgan fingerprint density at radius 2 is 2.33 bits per heavy atom. The Labute approximate surface area is 94.7 Å². The lowest BCUT2D eigenvalue weighted by Crippen LogP contribution is -2.32. The number of pyridine rings is 1. The highest BCUT2D eigenvalue weighted by atomic mass is 32.1. The van der Waals surface area contributed by atoms with Gasteiger partial charge in [0.1, 0.15) is 10.8 Å². The number of likely N-dealkylation sites (N-methyl/N-ethyl adjacent to an activating group) is 1. The maximum Gasteiger partial charge on any atom is 0.129 e. The number of nitrogens with zero attached hydrogens (tertiary/aromatic N) is 2. The second-order valence-corrected chi connectivity index (χ2v) is 3.83. The van der Waals surface area contributed by atoms with E-state index in [4.69, 9.17) is 23.1 Å². The van der Waals surface area contributed by atoms with E-state index in [1.807, 2.05) is 31.0 Å². The largest absolute Gasteiger partial charge is 0.394 e. The third-order valence-electron chi connectivity index (χ3n) is 2.27. The van der Waals surface area contributed by atoms with Gasteiger partial charge in [-0.3, -0.25) is 0 Å². The molecule has 0 radical (unpaired) electrons. The maximum absolute atomic E-state index is 9.03. The monoisotopic (exact) mass is 225 g/mol. The van der Waals surface area contributed by atoms with Gasteiger partial charge in [0, 0.05) is 7.05 Å². The molecule has 0 aromatic carbocycles. The molecule has 0 spiro atoms. The molecule has 3 N–H and O–H groups in total. The molecule has 0 fully saturated rings. The Hall–Kier alpha value is -1.20. The van der Waals surface area contributed by atoms with Gasteiger partial charge >= 0.3 is 0 Å². The summed E-state index contributed by atoms with van der Waals surface area (Å²) >= 11 is 4.85. The van der Waals surface area contributed by atoms with Crippen LogP contribution in [0.4, 0.5) is 5.82 Å². The molecule has 1 aromatic heterocycles. The molecular weight excluding hydrogens is 210 g/mol. The van der Waals surface area contributed by atoms with Crippen molar-refractivity contribution in [1.82, 2.24) is 4.98 Å². The molecule has 0 aliphatic heterocycles. The summed E-state index contributed by atoms with van der Waals surface area (Å²) in [4.78, 5) is 6.45. The third kappa shape index (κ3) is 2.87. The topological polar surface area (TPSA) is 62.4 Å². The number of aromatic nitrogens is 1. The van der Waals surface area contributed by atoms with Gasteiger partial charge in [-0.2, -0.15) is 0 Å². The van der Waals surface area contributed by atoms with E-state index in [-0.39, 0.29) is 17.6 Å². The van der Waals surface area contributed by atoms with Crippen LogP contribution in [0.3, 0.4) is 0 Å². The van der Waals surface area contributed by atoms with Crippen LogP contribution in [0.15, 0.2) is 18.2 Å². The molecule has 0 amide bonds. The molecular formula is C10H15N3OS. The van der Waals surface area contributed by atoms with Gasteiger partial charge < -0.3 is 15.7 Å². The van der Waals surface area contributed by atoms with Gasteiger partial charge in [0.05, 0.1) is 18.3 Å². The average molecular weight is 225 g/mol. The second-order valence-electron chi connectivity index (χ2n) is 3.39. The van der Waals surface area contributed by atoms with E-state index in [1.165, 1.54) is 0 Å². The summed E-state index contributed by atoms with van der Waals surface area (Å²) in [5.41, 5.74) is 6.09. The molecule has 15 heavy (non-hydrogen) atoms. The van der Waals surface area contributed by atoms with Gasteiger partial charge in [-0.15, -0.1) is 0 Å². The van der Waals surface area contributed by atoms with Crippen LogP contribution in [-0.4, -0.2) is 34.8 Å². The summed E-state index contributed by atoms with van der Waals surface area (Å²) in [5.74, 6) is 0.752. The molecule has 1 aromatic rings. The lowest BCUT2D eigenvalue weighted by atomic mass is 10.3. The van der Waals surface area contributed by atoms with Crippen LogP contribution in [0.25, 0.3) is 0 Å². The van der Waals surface area contributed by atoms with Crippen LogP contribution < -0.4 is 10.6 Å². The van der Waals surface area contributed by atoms with E-state index in [1.54, 1.807) is 6.07 Å². The fourth-order valence-electron chi connectivity index (χ4n) is 1.11. The van der Waals surface area contributed by atoms with Crippen molar-refractivity contribution in [2.75, 3.05) is 18.6 Å². The Morgan fingerprint density at radius 3 is 2.87 bits per heavy atom. The van der Waals surface area contributed by atoms with Crippen molar-refractivity contribution in [1.29, 1.82) is 0 Å². The van der Waals surface area contributed by atoms with Crippen molar-refractivity contribution in [3.8, 4) is 0 Å². The quantitative estimate of drug-likeness (QED) is 0.732. The van der Waals surface area contributed by atoms with E-state index in [2.05, 4.69) is 4.98 Å². The molecule has 0 saturated heterocycles. The van der Waals surface area contributed by atoms with Crippen molar-refractivity contribution < 1.29 is 5.11 Å². The number of aliphatic hydroxyl groups is 1. The van der Waals surface area contributed by atoms with E-state index < -0.39 is 0 Å². The first kappa shape index (κ1) is 11.9. The van der Waals surface area contributed by atoms with Crippen molar-refractivity contribution in [3.63, 3.8) is 0 Å². The van der Waals surface area contributed by atoms with E-state index >= 15 is 0 Å². The predicted octanol–water partition coefficient (Wildman–Crippen LogP) is 0.533. The molecule has 0 saturated carbocycles. The number of thiocarbonyl (C=S) groups is 1. The normalized spacial score (nSPS) is 12.2. The van der Waals surface area contributed by atoms with E-state index in [0.717, 1.165) is 5.82 Å². The number of hydrogen-bond donors (Lipinski definition) is 2. The average Bonchev–Trinajstić information content (AvgIpc) is 2.27. The summed E-state index contributed by atoms with van der Waals surface area (Å²) in [6.45, 7) is 1.99. The molecule has 1 heterocycles. The highest BCUT2D eigenvalue weighted by Gasteiger charge is 2.10. The highest BCUT2D eigenvalue weighted by Crippen LogP contribution is 2.12. The van der Waals surface area contributed by atoms with Crippen molar-refractivity contribution in [2.45, 2.75) is 13.0 Å². The van der Waals surface area contributed by atoms with Gasteiger partial charge in [-0.1, -0.05) is 18.3 Å². The summed E-state index contributed by atoms with van der Waals surface area (Å²) in [7, 11) is 1.87. The van der Waals surface area contributed by atoms with Crippen LogP contribution in [0, 0.1) is 0 Å². The van der Waals surface area contributed by atoms with Gasteiger partial charge in [-0.05, 0) is 19.1 Å². The van der Waals surface area contributed by atoms with Crippen molar-refractivity contribution in [3.05, 3.63) is 23.9 Å². The van der Waals surface area contributed by atoms with Crippen molar-refractivity contribution >= 4 is 23.0 Å². The van der Waals surface area contributed by atoms with Crippen LogP contribution in [0.1, 0.15) is 12.6 Å². The molecule has 1 unspecified atom stereocenters. The second kappa shape index (κ2) is 5.04. The third-order valence-corrected chi connectivity index (χ3v) is 2.48. The Morgan fingerprint density at radius 1 is 1.67 bits per heavy atom. The number of hydrogen-bond acceptors (Lipinski definition) is 4. The lowest BCUT2D eigenvalue weighted by molar-refractivity contribution is 0.270. The zero-order chi connectivity index (χ0) is 11.4. The SMILES string of the molecule is CC(CO)N(C)c1cccc(C(N)=S)n1. The minimum absolute atomic E-state index is 0.0131. The van der Waals surface area contributed by atoms with Crippen LogP contribution in [-0.2, 0) is 0 Å². The number of aliphatic hydroxyl groups excluding tert-OH is 1. The Bertz CT molecular complexity index is 356. The zero-order valence-corrected chi connectivity index (χ0v) is 9.66. The minimum atomic E-state index is 0.0131. The lowest BCUT2D eigenvalue weighted by Gasteiger charge is -2.24. The van der Waals surface area contributed by atoms with Gasteiger partial charge in [0.15, 0.2) is 0 Å². The first-order chi connectivity index (χ1) is 7.06. The summed E-state index contributed by atoms with van der Waals surface area (Å²) in [6, 6.07) is 5.48. The molecule has 5 heteroatoms. The first-order valence-corrected chi connectivity index (χ1v) is 5.07. The summed E-state index contributed by atoms with van der Waals surface area (Å²) in [6.07, 6.45) is 0. The van der Waals surface area contributed by atoms with Crippen LogP contribution >= 0.6 is 12.2 Å². The van der Waals surface area contributed by atoms with Gasteiger partial charge in [-0.25, -0.2) is 4.98 Å². The predicted molar refractivity (Wildman–Crippen MR) is 65.1 cm³/mol. The maximum atomic E-state index is 9.03. The zero-order valence-electron chi connectivity index (χ0n) is 8.84. The molecule has 1 rings (SSSR count). The van der Waals surface area contributed by atoms with Gasteiger partial charge in [0.25, 0.3) is 0 Å². The van der Waals surface area contributed by atoms with Gasteiger partial charge in [0.2, 0.25) is 0 Å². The van der Waals surface area contributed by atoms with Crippen molar-refractivity contribution in [2.24, 2.45) is 5.73 Å². The molecule has 4 nitrogen and oxygen atoms in total. The standard InChI is InChI=1S/C10H15N3OS/c1-7(6-14)13(2)9-5-3-4-8(12-9)10(11)15/h3-5,7,14H,6H2,1-2H3,(H2,11,15). The molecule has 1 atom stereocenters. The molecule has 0 aliphatic carbocycles. The number of rotatable bonds is 4. The molecule has 0 bridgehead atoms. The first-order valence-electron chi connectivity index (χ1n) is 4.66. The summed E-state index contributed by atoms with van der Waals surface area (Å²) < 4.78 is 0. The summed E-state index contributed by atoms with van der Waals surface area (Å²) in [5, 5.41) is 9.03. The number of anilines is 1.